The van der Waals surface area contributed by atoms with Gasteiger partial charge in [-0.1, -0.05) is 6.07 Å². The maximum absolute atomic E-state index is 13.5. The van der Waals surface area contributed by atoms with Gasteiger partial charge < -0.3 is 4.90 Å². The number of hydrogen-bond acceptors (Lipinski definition) is 3. The third kappa shape index (κ3) is 4.56. The van der Waals surface area contributed by atoms with Crippen molar-refractivity contribution in [1.82, 2.24) is 4.72 Å². The van der Waals surface area contributed by atoms with Gasteiger partial charge in [0.25, 0.3) is 0 Å². The summed E-state index contributed by atoms with van der Waals surface area (Å²) in [6, 6.07) is 3.23. The van der Waals surface area contributed by atoms with Crippen LogP contribution in [-0.4, -0.2) is 33.7 Å². The number of carbonyl (C=O) groups excluding carboxylic acids is 1. The number of carbonyl (C=O) groups is 1. The van der Waals surface area contributed by atoms with Gasteiger partial charge >= 0.3 is 0 Å². The van der Waals surface area contributed by atoms with Gasteiger partial charge in [0, 0.05) is 20.0 Å². The van der Waals surface area contributed by atoms with Gasteiger partial charge in [-0.15, -0.1) is 0 Å². The normalized spacial score (nSPS) is 11.4. The highest BCUT2D eigenvalue weighted by Gasteiger charge is 2.20. The van der Waals surface area contributed by atoms with Gasteiger partial charge in [0.15, 0.2) is 0 Å². The number of amides is 1. The molecule has 0 unspecified atom stereocenters. The molecule has 0 heterocycles. The van der Waals surface area contributed by atoms with Crippen molar-refractivity contribution in [1.29, 1.82) is 0 Å². The van der Waals surface area contributed by atoms with Crippen LogP contribution in [0.25, 0.3) is 0 Å². The van der Waals surface area contributed by atoms with E-state index in [1.165, 1.54) is 6.07 Å². The average Bonchev–Trinajstić information content (AvgIpc) is 2.24. The Kier molecular flexibility index (Phi) is 4.96. The fourth-order valence-corrected chi connectivity index (χ4v) is 1.98. The van der Waals surface area contributed by atoms with E-state index < -0.39 is 33.3 Å². The molecule has 0 fully saturated rings. The molecule has 5 nitrogen and oxygen atoms in total. The lowest BCUT2D eigenvalue weighted by atomic mass is 10.2. The monoisotopic (exact) mass is 292 g/mol. The predicted octanol–water partition coefficient (Wildman–Crippen LogP) is 0.867. The Morgan fingerprint density at radius 2 is 1.84 bits per heavy atom. The lowest BCUT2D eigenvalue weighted by molar-refractivity contribution is -0.116. The Bertz CT molecular complexity index is 555. The van der Waals surface area contributed by atoms with E-state index in [2.05, 4.69) is 4.72 Å². The van der Waals surface area contributed by atoms with Crippen molar-refractivity contribution < 1.29 is 22.0 Å². The summed E-state index contributed by atoms with van der Waals surface area (Å²) < 4.78 is 51.0. The lowest BCUT2D eigenvalue weighted by Crippen LogP contribution is -2.38. The summed E-state index contributed by atoms with van der Waals surface area (Å²) in [5.41, 5.74) is -0.481. The largest absolute Gasteiger partial charge is 0.306 e. The molecule has 0 aliphatic rings. The number of nitrogens with zero attached hydrogens (tertiary/aromatic N) is 1. The molecule has 8 heteroatoms. The van der Waals surface area contributed by atoms with Crippen molar-refractivity contribution in [3.8, 4) is 0 Å². The minimum atomic E-state index is -3.42. The molecule has 1 aromatic rings. The fourth-order valence-electron chi connectivity index (χ4n) is 1.52. The van der Waals surface area contributed by atoms with Gasteiger partial charge in [0.1, 0.15) is 17.3 Å². The summed E-state index contributed by atoms with van der Waals surface area (Å²) in [5, 5.41) is 0. The zero-order valence-corrected chi connectivity index (χ0v) is 11.3. The number of sulfonamides is 1. The van der Waals surface area contributed by atoms with Gasteiger partial charge in [-0.05, 0) is 12.1 Å². The minimum absolute atomic E-state index is 0.133. The number of rotatable bonds is 5. The van der Waals surface area contributed by atoms with Crippen molar-refractivity contribution in [2.75, 3.05) is 24.2 Å². The number of hydrogen-bond donors (Lipinski definition) is 1. The van der Waals surface area contributed by atoms with Crippen LogP contribution >= 0.6 is 0 Å². The highest BCUT2D eigenvalue weighted by atomic mass is 32.2. The van der Waals surface area contributed by atoms with Crippen LogP contribution in [0.4, 0.5) is 14.5 Å². The Balaban J connectivity index is 2.93. The summed E-state index contributed by atoms with van der Waals surface area (Å²) in [7, 11) is -3.42. The van der Waals surface area contributed by atoms with Crippen LogP contribution < -0.4 is 9.62 Å². The summed E-state index contributed by atoms with van der Waals surface area (Å²) in [5.74, 6) is -2.34. The Labute approximate surface area is 110 Å². The molecule has 0 radical (unpaired) electrons. The maximum atomic E-state index is 13.5. The molecule has 1 aromatic carbocycles. The second-order valence-corrected chi connectivity index (χ2v) is 5.74. The third-order valence-electron chi connectivity index (χ3n) is 2.29. The standard InChI is InChI=1S/C11H14F2N2O3S/c1-8(16)15(7-6-14-19(2,17)18)11-9(12)4-3-5-10(11)13/h3-5,14H,6-7H2,1-2H3. The van der Waals surface area contributed by atoms with E-state index in [0.717, 1.165) is 30.2 Å². The number of para-hydroxylation sites is 1. The zero-order valence-electron chi connectivity index (χ0n) is 10.5. The van der Waals surface area contributed by atoms with Crippen molar-refractivity contribution in [3.05, 3.63) is 29.8 Å². The first-order valence-corrected chi connectivity index (χ1v) is 7.28. The number of anilines is 1. The first-order chi connectivity index (χ1) is 8.72. The van der Waals surface area contributed by atoms with Crippen molar-refractivity contribution >= 4 is 21.6 Å². The summed E-state index contributed by atoms with van der Waals surface area (Å²) >= 11 is 0. The first kappa shape index (κ1) is 15.5. The van der Waals surface area contributed by atoms with Crippen LogP contribution in [0.15, 0.2) is 18.2 Å². The van der Waals surface area contributed by atoms with Gasteiger partial charge in [-0.25, -0.2) is 21.9 Å². The summed E-state index contributed by atoms with van der Waals surface area (Å²) in [6.07, 6.45) is 0.953. The molecule has 0 atom stereocenters. The van der Waals surface area contributed by atoms with E-state index in [0.29, 0.717) is 0 Å². The van der Waals surface area contributed by atoms with E-state index in [1.54, 1.807) is 0 Å². The third-order valence-corrected chi connectivity index (χ3v) is 3.02. The molecular formula is C11H14F2N2O3S. The SMILES string of the molecule is CC(=O)N(CCNS(C)(=O)=O)c1c(F)cccc1F. The maximum Gasteiger partial charge on any atom is 0.224 e. The first-order valence-electron chi connectivity index (χ1n) is 5.39. The topological polar surface area (TPSA) is 66.5 Å². The van der Waals surface area contributed by atoms with E-state index in [1.807, 2.05) is 0 Å². The van der Waals surface area contributed by atoms with E-state index in [-0.39, 0.29) is 13.1 Å². The number of benzene rings is 1. The van der Waals surface area contributed by atoms with Crippen molar-refractivity contribution in [2.24, 2.45) is 0 Å². The highest BCUT2D eigenvalue weighted by molar-refractivity contribution is 7.88. The molecule has 0 saturated carbocycles. The van der Waals surface area contributed by atoms with E-state index in [4.69, 9.17) is 0 Å². The number of halogens is 2. The Morgan fingerprint density at radius 3 is 2.26 bits per heavy atom. The minimum Gasteiger partial charge on any atom is -0.306 e. The molecule has 1 rings (SSSR count). The molecule has 106 valence electrons. The van der Waals surface area contributed by atoms with Gasteiger partial charge in [0.05, 0.1) is 6.26 Å². The zero-order chi connectivity index (χ0) is 14.6. The molecule has 0 saturated heterocycles. The van der Waals surface area contributed by atoms with Gasteiger partial charge in [0.2, 0.25) is 15.9 Å². The van der Waals surface area contributed by atoms with Crippen LogP contribution in [0.3, 0.4) is 0 Å². The van der Waals surface area contributed by atoms with Gasteiger partial charge in [-0.2, -0.15) is 0 Å². The predicted molar refractivity (Wildman–Crippen MR) is 67.2 cm³/mol. The smallest absolute Gasteiger partial charge is 0.224 e. The summed E-state index contributed by atoms with van der Waals surface area (Å²) in [6.45, 7) is 0.846. The van der Waals surface area contributed by atoms with Crippen LogP contribution in [-0.2, 0) is 14.8 Å². The lowest BCUT2D eigenvalue weighted by Gasteiger charge is -2.22. The molecule has 0 spiro atoms. The van der Waals surface area contributed by atoms with Crippen LogP contribution in [0.5, 0.6) is 0 Å². The van der Waals surface area contributed by atoms with Crippen LogP contribution in [0.2, 0.25) is 0 Å². The second kappa shape index (κ2) is 6.07. The van der Waals surface area contributed by atoms with Gasteiger partial charge in [-0.3, -0.25) is 4.79 Å². The van der Waals surface area contributed by atoms with Crippen molar-refractivity contribution in [3.63, 3.8) is 0 Å². The fraction of sp³-hybridized carbons (Fsp3) is 0.364. The average molecular weight is 292 g/mol. The number of nitrogens with one attached hydrogen (secondary N) is 1. The molecule has 1 N–H and O–H groups in total. The molecule has 0 aromatic heterocycles. The van der Waals surface area contributed by atoms with E-state index >= 15 is 0 Å². The molecule has 0 aliphatic heterocycles. The molecule has 0 aliphatic carbocycles. The Morgan fingerprint density at radius 1 is 1.32 bits per heavy atom. The second-order valence-electron chi connectivity index (χ2n) is 3.91. The molecule has 1 amide bonds. The summed E-state index contributed by atoms with van der Waals surface area (Å²) in [4.78, 5) is 12.3. The highest BCUT2D eigenvalue weighted by Crippen LogP contribution is 2.22. The Hall–Kier alpha value is -1.54. The van der Waals surface area contributed by atoms with Crippen LogP contribution in [0.1, 0.15) is 6.92 Å². The van der Waals surface area contributed by atoms with Crippen molar-refractivity contribution in [2.45, 2.75) is 6.92 Å². The quantitative estimate of drug-likeness (QED) is 0.875. The van der Waals surface area contributed by atoms with Crippen LogP contribution in [0, 0.1) is 11.6 Å². The van der Waals surface area contributed by atoms with E-state index in [9.17, 15) is 22.0 Å². The molecule has 0 bridgehead atoms. The molecular weight excluding hydrogens is 278 g/mol. The molecule has 19 heavy (non-hydrogen) atoms.